The first kappa shape index (κ1) is 44.5. The lowest BCUT2D eigenvalue weighted by Gasteiger charge is -2.31. The summed E-state index contributed by atoms with van der Waals surface area (Å²) in [7, 11) is 0. The Bertz CT molecular complexity index is 5050. The molecular formula is C74H53N5. The lowest BCUT2D eigenvalue weighted by atomic mass is 9.74. The molecule has 0 aliphatic heterocycles. The van der Waals surface area contributed by atoms with E-state index >= 15 is 0 Å². The molecule has 2 atom stereocenters. The zero-order valence-electron chi connectivity index (χ0n) is 44.4. The molecule has 3 aliphatic carbocycles. The molecule has 4 aromatic heterocycles. The zero-order chi connectivity index (χ0) is 52.5. The summed E-state index contributed by atoms with van der Waals surface area (Å²) in [6, 6.07) is 78.9. The van der Waals surface area contributed by atoms with Gasteiger partial charge >= 0.3 is 0 Å². The first-order valence-corrected chi connectivity index (χ1v) is 27.8. The van der Waals surface area contributed by atoms with Crippen LogP contribution in [0.1, 0.15) is 55.9 Å². The molecule has 0 amide bonds. The largest absolute Gasteiger partial charge is 0.310 e. The molecule has 0 saturated carbocycles. The summed E-state index contributed by atoms with van der Waals surface area (Å²) < 4.78 is 7.24. The minimum atomic E-state index is -0.0938. The van der Waals surface area contributed by atoms with Crippen LogP contribution >= 0.6 is 0 Å². The maximum Gasteiger partial charge on any atom is 0.156 e. The fraction of sp³-hybridized carbons (Fsp3) is 0.108. The first-order chi connectivity index (χ1) is 38.7. The summed E-state index contributed by atoms with van der Waals surface area (Å²) in [5.74, 6) is 1.54. The Kier molecular flexibility index (Phi) is 9.02. The number of hydrogen-bond acceptors (Lipinski definition) is 2. The third-order valence-electron chi connectivity index (χ3n) is 18.6. The predicted molar refractivity (Wildman–Crippen MR) is 329 cm³/mol. The molecule has 5 nitrogen and oxygen atoms in total. The molecule has 0 N–H and O–H groups in total. The molecule has 2 unspecified atom stereocenters. The van der Waals surface area contributed by atoms with E-state index in [2.05, 4.69) is 248 Å². The lowest BCUT2D eigenvalue weighted by molar-refractivity contribution is 0.394. The molecule has 374 valence electrons. The summed E-state index contributed by atoms with van der Waals surface area (Å²) >= 11 is 0. The van der Waals surface area contributed by atoms with E-state index in [9.17, 15) is 0 Å². The number of benzene rings is 10. The molecule has 79 heavy (non-hydrogen) atoms. The summed E-state index contributed by atoms with van der Waals surface area (Å²) in [6.45, 7) is 9.56. The molecule has 0 fully saturated rings. The van der Waals surface area contributed by atoms with Crippen molar-refractivity contribution in [3.63, 3.8) is 0 Å². The maximum absolute atomic E-state index is 5.23. The van der Waals surface area contributed by atoms with Crippen LogP contribution in [-0.2, 0) is 10.8 Å². The number of hydrogen-bond donors (Lipinski definition) is 0. The zero-order valence-corrected chi connectivity index (χ0v) is 44.4. The standard InChI is InChI=1S/C74H53N5/c1-73(2)60-19-9-5-15-50(60)52-31-29-48(41-62(52)73)77-66-23-13-7-17-54(66)56-37-44(25-33-68(56)77)46-27-35-70-58(39-46)59-40-47(28-36-71(59)79(70)72-43-75-64-21-11-12-22-65(64)76-72)45-26-34-69-57(38-45)55-18-8-14-24-67(55)78(69)49-30-32-53-51-16-6-10-20-61(51)74(3,4)63(53)42-49/h5-43,52,62H,1-4H3. The second-order valence-corrected chi connectivity index (χ2v) is 23.4. The predicted octanol–water partition coefficient (Wildman–Crippen LogP) is 18.7. The van der Waals surface area contributed by atoms with Gasteiger partial charge in [0.05, 0.1) is 50.3 Å². The lowest BCUT2D eigenvalue weighted by Crippen LogP contribution is -2.25. The van der Waals surface area contributed by atoms with Gasteiger partial charge in [0.15, 0.2) is 5.82 Å². The number of para-hydroxylation sites is 4. The second-order valence-electron chi connectivity index (χ2n) is 23.4. The van der Waals surface area contributed by atoms with Crippen LogP contribution in [0.5, 0.6) is 0 Å². The van der Waals surface area contributed by atoms with Gasteiger partial charge in [-0.2, -0.15) is 0 Å². The normalized spacial score (nSPS) is 16.8. The van der Waals surface area contributed by atoms with E-state index in [1.54, 1.807) is 0 Å². The van der Waals surface area contributed by atoms with E-state index in [1.807, 2.05) is 30.5 Å². The Balaban J connectivity index is 0.810. The van der Waals surface area contributed by atoms with Gasteiger partial charge in [-0.25, -0.2) is 4.98 Å². The van der Waals surface area contributed by atoms with Crippen LogP contribution in [0, 0.1) is 5.92 Å². The minimum Gasteiger partial charge on any atom is -0.310 e. The number of fused-ring (bicyclic) bond motifs is 16. The fourth-order valence-electron chi connectivity index (χ4n) is 14.7. The Morgan fingerprint density at radius 2 is 0.911 bits per heavy atom. The highest BCUT2D eigenvalue weighted by atomic mass is 15.1. The third kappa shape index (κ3) is 6.21. The van der Waals surface area contributed by atoms with Crippen LogP contribution in [0.15, 0.2) is 237 Å². The van der Waals surface area contributed by atoms with Crippen LogP contribution in [0.2, 0.25) is 0 Å². The van der Waals surface area contributed by atoms with Gasteiger partial charge in [0.25, 0.3) is 0 Å². The first-order valence-electron chi connectivity index (χ1n) is 27.8. The molecule has 0 spiro atoms. The number of rotatable bonds is 5. The highest BCUT2D eigenvalue weighted by molar-refractivity contribution is 6.15. The molecular weight excluding hydrogens is 959 g/mol. The van der Waals surface area contributed by atoms with Crippen molar-refractivity contribution in [3.05, 3.63) is 259 Å². The molecule has 17 rings (SSSR count). The van der Waals surface area contributed by atoms with Crippen molar-refractivity contribution in [1.29, 1.82) is 0 Å². The van der Waals surface area contributed by atoms with Gasteiger partial charge in [0.2, 0.25) is 0 Å². The fourth-order valence-corrected chi connectivity index (χ4v) is 14.7. The Morgan fingerprint density at radius 1 is 0.405 bits per heavy atom. The van der Waals surface area contributed by atoms with Crippen LogP contribution in [-0.4, -0.2) is 23.7 Å². The van der Waals surface area contributed by atoms with Gasteiger partial charge in [-0.1, -0.05) is 167 Å². The maximum atomic E-state index is 5.23. The van der Waals surface area contributed by atoms with E-state index < -0.39 is 0 Å². The monoisotopic (exact) mass is 1010 g/mol. The molecule has 0 saturated heterocycles. The summed E-state index contributed by atoms with van der Waals surface area (Å²) in [6.07, 6.45) is 9.28. The number of nitrogens with zero attached hydrogens (tertiary/aromatic N) is 5. The van der Waals surface area contributed by atoms with Crippen molar-refractivity contribution in [2.75, 3.05) is 0 Å². The van der Waals surface area contributed by atoms with Crippen molar-refractivity contribution < 1.29 is 0 Å². The van der Waals surface area contributed by atoms with Gasteiger partial charge in [0.1, 0.15) is 0 Å². The Hall–Kier alpha value is -9.58. The van der Waals surface area contributed by atoms with Crippen LogP contribution in [0.4, 0.5) is 0 Å². The molecule has 0 radical (unpaired) electrons. The third-order valence-corrected chi connectivity index (χ3v) is 18.6. The van der Waals surface area contributed by atoms with Gasteiger partial charge in [-0.3, -0.25) is 9.55 Å². The molecule has 14 aromatic rings. The van der Waals surface area contributed by atoms with Gasteiger partial charge in [-0.15, -0.1) is 0 Å². The quantitative estimate of drug-likeness (QED) is 0.172. The van der Waals surface area contributed by atoms with Crippen molar-refractivity contribution >= 4 is 82.1 Å². The summed E-state index contributed by atoms with van der Waals surface area (Å²) in [5, 5.41) is 7.30. The average Bonchev–Trinajstić information content (AvgIpc) is 4.32. The minimum absolute atomic E-state index is 0.0254. The van der Waals surface area contributed by atoms with E-state index in [0.29, 0.717) is 11.8 Å². The summed E-state index contributed by atoms with van der Waals surface area (Å²) in [5.41, 5.74) is 24.1. The van der Waals surface area contributed by atoms with Gasteiger partial charge in [0, 0.05) is 55.0 Å². The van der Waals surface area contributed by atoms with E-state index in [1.165, 1.54) is 110 Å². The van der Waals surface area contributed by atoms with Crippen molar-refractivity contribution in [2.45, 2.75) is 44.4 Å². The molecule has 0 bridgehead atoms. The second kappa shape index (κ2) is 16.0. The SMILES string of the molecule is CC1(C)c2ccccc2-c2ccc(-n3c4ccccc4c4cc(-c5ccc6c(c5)c5cc(-c7ccc8c(c7)c7ccccc7n8C7=CC8C(C=C7)c7ccccc7C8(C)C)ccc5n6-c5cnc6ccccc6n5)ccc43)cc21. The highest BCUT2D eigenvalue weighted by Crippen LogP contribution is 2.55. The van der Waals surface area contributed by atoms with E-state index in [-0.39, 0.29) is 10.8 Å². The average molecular weight is 1010 g/mol. The van der Waals surface area contributed by atoms with Crippen molar-refractivity contribution in [1.82, 2.24) is 23.7 Å². The highest BCUT2D eigenvalue weighted by Gasteiger charge is 2.45. The van der Waals surface area contributed by atoms with Gasteiger partial charge in [-0.05, 0) is 158 Å². The molecule has 4 heterocycles. The smallest absolute Gasteiger partial charge is 0.156 e. The number of allylic oxidation sites excluding steroid dienone is 4. The van der Waals surface area contributed by atoms with Gasteiger partial charge < -0.3 is 9.13 Å². The molecule has 3 aliphatic rings. The van der Waals surface area contributed by atoms with E-state index in [4.69, 9.17) is 9.97 Å². The summed E-state index contributed by atoms with van der Waals surface area (Å²) in [4.78, 5) is 10.2. The van der Waals surface area contributed by atoms with Crippen LogP contribution < -0.4 is 0 Å². The Labute approximate surface area is 457 Å². The van der Waals surface area contributed by atoms with Crippen molar-refractivity contribution in [3.8, 4) is 44.9 Å². The molecule has 5 heteroatoms. The van der Waals surface area contributed by atoms with E-state index in [0.717, 1.165) is 38.8 Å². The Morgan fingerprint density at radius 3 is 1.58 bits per heavy atom. The van der Waals surface area contributed by atoms with Crippen LogP contribution in [0.3, 0.4) is 0 Å². The topological polar surface area (TPSA) is 40.6 Å². The van der Waals surface area contributed by atoms with Crippen LogP contribution in [0.25, 0.3) is 127 Å². The molecule has 10 aromatic carbocycles. The van der Waals surface area contributed by atoms with Crippen molar-refractivity contribution in [2.24, 2.45) is 5.92 Å². The number of aromatic nitrogens is 5.